The van der Waals surface area contributed by atoms with Crippen LogP contribution in [0.15, 0.2) is 141 Å². The molecule has 0 bridgehead atoms. The monoisotopic (exact) mass is 1890 g/mol. The lowest BCUT2D eigenvalue weighted by atomic mass is 9.90. The van der Waals surface area contributed by atoms with Crippen LogP contribution < -0.4 is 9.80 Å². The minimum atomic E-state index is 0.134. The van der Waals surface area contributed by atoms with E-state index in [1.54, 1.807) is 0 Å². The summed E-state index contributed by atoms with van der Waals surface area (Å²) in [7, 11) is 4.36. The third kappa shape index (κ3) is 29.4. The van der Waals surface area contributed by atoms with Crippen LogP contribution in [0.4, 0.5) is 17.2 Å². The number of rotatable bonds is 21. The molecular formula is C112H171N20O6+. The lowest BCUT2D eigenvalue weighted by molar-refractivity contribution is -0.445. The van der Waals surface area contributed by atoms with Gasteiger partial charge in [0.25, 0.3) is 0 Å². The number of piperidine rings is 2. The first-order valence-corrected chi connectivity index (χ1v) is 52.7. The molecule has 138 heavy (non-hydrogen) atoms. The van der Waals surface area contributed by atoms with E-state index in [0.717, 1.165) is 168 Å². The predicted molar refractivity (Wildman–Crippen MR) is 557 cm³/mol. The molecule has 0 aromatic carbocycles. The van der Waals surface area contributed by atoms with Crippen LogP contribution >= 0.6 is 0 Å². The molecule has 8 aromatic rings. The van der Waals surface area contributed by atoms with Crippen molar-refractivity contribution in [2.45, 2.75) is 263 Å². The SMILES string of the molecule is CC(C)c1ccc(C2CCN(C)CC2)cn1.CC(C)c1ccc(C2CN(C)C2)cn1.CC(C)c1ccc(C2CN(C3COC3)C2)cn1.CC(C)c1ccc(C2CN(O)C2)cn1.CC(C)c1ccc(N2CCN(C3COC3)CC2(C)C)cn1.CC(C)c1ccc(N2CCN(C3COC3)CC2)nc1.CC(C)c1ccc([N+]2=CCN(C3COC3)CC2)cn1.CC(C)c1cn(C2CCN(C3COC3)CC2)cn1. The van der Waals surface area contributed by atoms with Crippen molar-refractivity contribution in [1.29, 1.82) is 0 Å². The number of ether oxygens (including phenoxy) is 5. The van der Waals surface area contributed by atoms with Crippen molar-refractivity contribution in [3.05, 3.63) is 209 Å². The van der Waals surface area contributed by atoms with Crippen LogP contribution in [-0.4, -0.2) is 347 Å². The van der Waals surface area contributed by atoms with Gasteiger partial charge < -0.3 is 53.1 Å². The van der Waals surface area contributed by atoms with Crippen molar-refractivity contribution in [3.8, 4) is 0 Å². The Hall–Kier alpha value is -8.03. The normalized spacial score (nSPS) is 21.3. The molecule has 8 aromatic heterocycles. The maximum atomic E-state index is 9.04. The Bertz CT molecular complexity index is 4820. The summed E-state index contributed by atoms with van der Waals surface area (Å²) in [4.78, 5) is 58.6. The predicted octanol–water partition coefficient (Wildman–Crippen LogP) is 17.2. The van der Waals surface area contributed by atoms with Crippen LogP contribution in [0.25, 0.3) is 0 Å². The van der Waals surface area contributed by atoms with Gasteiger partial charge in [-0.25, -0.2) is 9.97 Å². The molecule has 12 saturated heterocycles. The van der Waals surface area contributed by atoms with Crippen LogP contribution in [0.1, 0.15) is 295 Å². The number of hydrogen-bond acceptors (Lipinski definition) is 24. The van der Waals surface area contributed by atoms with Gasteiger partial charge in [0, 0.05) is 205 Å². The summed E-state index contributed by atoms with van der Waals surface area (Å²) in [5.74, 6) is 7.85. The Kier molecular flexibility index (Phi) is 38.9. The quantitative estimate of drug-likeness (QED) is 0.0663. The van der Waals surface area contributed by atoms with Crippen LogP contribution in [0, 0.1) is 0 Å². The molecule has 13 aliphatic rings. The molecule has 21 rings (SSSR count). The molecule has 0 radical (unpaired) electrons. The first-order chi connectivity index (χ1) is 66.4. The topological polar surface area (TPSA) is 210 Å². The zero-order valence-electron chi connectivity index (χ0n) is 87.7. The smallest absolute Gasteiger partial charge is 0.223 e. The number of hydrogen-bond donors (Lipinski definition) is 1. The molecule has 0 unspecified atom stereocenters. The highest BCUT2D eigenvalue weighted by molar-refractivity contribution is 5.57. The van der Waals surface area contributed by atoms with Crippen molar-refractivity contribution in [3.63, 3.8) is 0 Å². The molecule has 0 spiro atoms. The van der Waals surface area contributed by atoms with Gasteiger partial charge >= 0.3 is 0 Å². The van der Waals surface area contributed by atoms with Crippen molar-refractivity contribution in [2.75, 3.05) is 221 Å². The molecule has 26 heteroatoms. The molecule has 754 valence electrons. The number of imidazole rings is 1. The number of likely N-dealkylation sites (N-methyl/N-ethyl adjacent to an activating group) is 1. The summed E-state index contributed by atoms with van der Waals surface area (Å²) in [5, 5.41) is 10.4. The molecule has 12 fully saturated rings. The van der Waals surface area contributed by atoms with E-state index in [4.69, 9.17) is 28.9 Å². The van der Waals surface area contributed by atoms with Crippen LogP contribution in [0.5, 0.6) is 0 Å². The summed E-state index contributed by atoms with van der Waals surface area (Å²) >= 11 is 0. The number of piperazine rings is 2. The molecule has 0 atom stereocenters. The average Bonchev–Trinajstić information content (AvgIpc) is 0.822. The Labute approximate surface area is 828 Å². The third-order valence-corrected chi connectivity index (χ3v) is 30.4. The molecule has 26 nitrogen and oxygen atoms in total. The number of hydroxylamine groups is 2. The average molecular weight is 1890 g/mol. The van der Waals surface area contributed by atoms with Crippen molar-refractivity contribution >= 4 is 23.4 Å². The Balaban J connectivity index is 0.000000126. The highest BCUT2D eigenvalue weighted by Gasteiger charge is 2.41. The summed E-state index contributed by atoms with van der Waals surface area (Å²) in [6.45, 7) is 70.6. The van der Waals surface area contributed by atoms with Crippen LogP contribution in [0.3, 0.4) is 0 Å². The second kappa shape index (κ2) is 50.8. The van der Waals surface area contributed by atoms with Gasteiger partial charge in [0.2, 0.25) is 5.69 Å². The van der Waals surface area contributed by atoms with E-state index in [-0.39, 0.29) is 5.54 Å². The fourth-order valence-corrected chi connectivity index (χ4v) is 19.7. The lowest BCUT2D eigenvalue weighted by Gasteiger charge is -2.51. The number of likely N-dealkylation sites (tertiary alicyclic amines) is 4. The van der Waals surface area contributed by atoms with Crippen molar-refractivity contribution in [1.82, 2.24) is 83.8 Å². The summed E-state index contributed by atoms with van der Waals surface area (Å²) < 4.78 is 31.0. The number of nitrogens with zero attached hydrogens (tertiary/aromatic N) is 20. The van der Waals surface area contributed by atoms with Gasteiger partial charge in [0.1, 0.15) is 5.82 Å². The van der Waals surface area contributed by atoms with Gasteiger partial charge in [-0.2, -0.15) is 9.64 Å². The number of pyridine rings is 7. The highest BCUT2D eigenvalue weighted by atomic mass is 16.5. The van der Waals surface area contributed by atoms with E-state index in [9.17, 15) is 0 Å². The van der Waals surface area contributed by atoms with Gasteiger partial charge in [-0.1, -0.05) is 141 Å². The number of aromatic nitrogens is 9. The molecule has 0 aliphatic carbocycles. The van der Waals surface area contributed by atoms with E-state index in [0.29, 0.717) is 101 Å². The largest absolute Gasteiger partial charge is 0.378 e. The fraction of sp³-hybridized carbons (Fsp3) is 0.652. The summed E-state index contributed by atoms with van der Waals surface area (Å²) in [6.07, 6.45) is 25.7. The van der Waals surface area contributed by atoms with E-state index >= 15 is 0 Å². The van der Waals surface area contributed by atoms with E-state index < -0.39 is 0 Å². The standard InChI is InChI=1S/C17H27N3O.C15H22N3O.C15H23N3O.C14H23N3O.C14H20N2O.C14H22N2.C12H18N2.C11H16N2O/c1-13(2)16-6-5-14(9-18-16)20-8-7-19(12-17(20,3)4)15-10-21-11-15;1-12(2)15-4-3-13(9-16-15)17-5-7-18(8-6-17)14-10-19-11-14;1-12(2)13-3-4-15(16-9-13)18-7-5-17(6-8-18)14-10-19-11-14;1-11(2)14-7-17(10-15-14)12-3-5-16(6-4-12)13-8-18-9-13;1-10(2)14-4-3-11(5-15-14)12-6-16(7-12)13-8-17-9-13;1-11(2)14-5-4-13(10-15-14)12-6-8-16(3)9-7-12;1-9(2)12-5-4-10(6-13-12)11-7-14(3)8-11;1-8(2)11-4-3-9(5-12-11)10-6-13(14)7-10/h5-6,9,13,15H,7-8,10-12H2,1-4H3;3-5,9,12,14H,6-8,10-11H2,1-2H3;3-4,9,12,14H,5-8,10-11H2,1-2H3;7,10-13H,3-6,8-9H2,1-2H3;3-5,10,12-13H,6-9H2,1-2H3;4-5,10-12H,6-9H2,1-3H3;4-6,9,11H,7-8H2,1-3H3;3-5,8,10,14H,6-7H2,1-2H3/q;+1;;;;;;. The zero-order chi connectivity index (χ0) is 97.7. The van der Waals surface area contributed by atoms with Crippen LogP contribution in [-0.2, 0) is 23.7 Å². The first-order valence-electron chi connectivity index (χ1n) is 52.7. The summed E-state index contributed by atoms with van der Waals surface area (Å²) in [6, 6.07) is 34.6. The molecule has 0 amide bonds. The Morgan fingerprint density at radius 1 is 0.341 bits per heavy atom. The van der Waals surface area contributed by atoms with Crippen molar-refractivity contribution in [2.24, 2.45) is 0 Å². The molecule has 21 heterocycles. The van der Waals surface area contributed by atoms with Crippen LogP contribution in [0.2, 0.25) is 0 Å². The summed E-state index contributed by atoms with van der Waals surface area (Å²) in [5.41, 5.74) is 17.6. The van der Waals surface area contributed by atoms with E-state index in [2.05, 4.69) is 342 Å². The fourth-order valence-electron chi connectivity index (χ4n) is 19.7. The Morgan fingerprint density at radius 3 is 1.12 bits per heavy atom. The van der Waals surface area contributed by atoms with Gasteiger partial charge in [0.05, 0.1) is 139 Å². The van der Waals surface area contributed by atoms with E-state index in [1.807, 2.05) is 37.3 Å². The minimum absolute atomic E-state index is 0.134. The maximum absolute atomic E-state index is 9.04. The third-order valence-electron chi connectivity index (χ3n) is 30.4. The molecule has 0 saturated carbocycles. The second-order valence-electron chi connectivity index (χ2n) is 44.1. The van der Waals surface area contributed by atoms with Gasteiger partial charge in [-0.15, -0.1) is 0 Å². The molecule has 1 N–H and O–H groups in total. The van der Waals surface area contributed by atoms with Gasteiger partial charge in [-0.05, 0) is 196 Å². The van der Waals surface area contributed by atoms with Gasteiger partial charge in [-0.3, -0.25) is 54.4 Å². The highest BCUT2D eigenvalue weighted by Crippen LogP contribution is 2.36. The van der Waals surface area contributed by atoms with Crippen molar-refractivity contribution < 1.29 is 33.5 Å². The molecular weight excluding hydrogens is 1720 g/mol. The van der Waals surface area contributed by atoms with E-state index in [1.165, 1.54) is 151 Å². The maximum Gasteiger partial charge on any atom is 0.223 e. The van der Waals surface area contributed by atoms with Gasteiger partial charge in [0.15, 0.2) is 12.8 Å². The Morgan fingerprint density at radius 2 is 0.754 bits per heavy atom. The zero-order valence-corrected chi connectivity index (χ0v) is 87.7. The molecule has 13 aliphatic heterocycles. The number of anilines is 2. The minimum Gasteiger partial charge on any atom is -0.378 e. The second-order valence-corrected chi connectivity index (χ2v) is 44.1. The lowest BCUT2D eigenvalue weighted by Crippen LogP contribution is -2.64. The first kappa shape index (κ1) is 106.